The second-order valence-corrected chi connectivity index (χ2v) is 2.82. The highest BCUT2D eigenvalue weighted by Crippen LogP contribution is 2.13. The molecule has 0 saturated carbocycles. The van der Waals surface area contributed by atoms with Gasteiger partial charge >= 0.3 is 0 Å². The van der Waals surface area contributed by atoms with Crippen LogP contribution in [0.1, 0.15) is 0 Å². The fourth-order valence-corrected chi connectivity index (χ4v) is 1.35. The number of carbonyl (C=O) groups is 1. The molecule has 0 bridgehead atoms. The van der Waals surface area contributed by atoms with E-state index >= 15 is 0 Å². The number of hydrogen-bond donors (Lipinski definition) is 1. The number of nitrogens with zero attached hydrogens (tertiary/aromatic N) is 2. The third-order valence-electron chi connectivity index (χ3n) is 0.631. The number of halogens is 1. The quantitative estimate of drug-likeness (QED) is 0.715. The van der Waals surface area contributed by atoms with Gasteiger partial charge < -0.3 is 5.32 Å². The van der Waals surface area contributed by atoms with Gasteiger partial charge in [-0.15, -0.1) is 0 Å². The summed E-state index contributed by atoms with van der Waals surface area (Å²) in [5, 5.41) is 2.67. The van der Waals surface area contributed by atoms with Crippen LogP contribution in [0.4, 0.5) is 9.93 Å². The van der Waals surface area contributed by atoms with E-state index in [0.29, 0.717) is 9.87 Å². The van der Waals surface area contributed by atoms with Gasteiger partial charge in [-0.3, -0.25) is 4.79 Å². The minimum Gasteiger partial charge on any atom is -0.311 e. The molecule has 0 aliphatic carbocycles. The molecule has 1 rings (SSSR count). The monoisotopic (exact) mass is 217 g/mol. The second-order valence-electron chi connectivity index (χ2n) is 1.36. The summed E-state index contributed by atoms with van der Waals surface area (Å²) < 4.78 is 4.19. The molecule has 10 heavy (non-hydrogen) atoms. The highest BCUT2D eigenvalue weighted by atomic mass is 79.9. The van der Waals surface area contributed by atoms with Crippen LogP contribution in [0.3, 0.4) is 0 Å². The average molecular weight is 218 g/mol. The van der Waals surface area contributed by atoms with Crippen LogP contribution in [0.2, 0.25) is 0 Å². The lowest BCUT2D eigenvalue weighted by Crippen LogP contribution is -2.07. The largest absolute Gasteiger partial charge is 0.311 e. The van der Waals surface area contributed by atoms with E-state index in [4.69, 9.17) is 7.85 Å². The maximum Gasteiger partial charge on any atom is 0.210 e. The van der Waals surface area contributed by atoms with E-state index < -0.39 is 5.81 Å². The van der Waals surface area contributed by atoms with Gasteiger partial charge in [-0.2, -0.15) is 9.36 Å². The minimum atomic E-state index is -0.636. The summed E-state index contributed by atoms with van der Waals surface area (Å²) in [4.78, 5) is 14.0. The molecule has 0 atom stereocenters. The van der Waals surface area contributed by atoms with Gasteiger partial charge in [0.05, 0.1) is 0 Å². The summed E-state index contributed by atoms with van der Waals surface area (Å²) >= 11 is 4.08. The van der Waals surface area contributed by atoms with E-state index in [-0.39, 0.29) is 0 Å². The number of carbonyl (C=O) groups excluding carboxylic acids is 1. The first kappa shape index (κ1) is 7.68. The zero-order valence-corrected chi connectivity index (χ0v) is 7.07. The predicted octanol–water partition coefficient (Wildman–Crippen LogP) is 1.00. The molecule has 50 valence electrons. The number of aromatic nitrogens is 2. The average Bonchev–Trinajstić information content (AvgIpc) is 2.13. The summed E-state index contributed by atoms with van der Waals surface area (Å²) in [6, 6.07) is 0. The first-order chi connectivity index (χ1) is 4.68. The lowest BCUT2D eigenvalue weighted by molar-refractivity contribution is 0.269. The smallest absolute Gasteiger partial charge is 0.210 e. The Morgan fingerprint density at radius 3 is 2.90 bits per heavy atom. The van der Waals surface area contributed by atoms with E-state index in [1.54, 1.807) is 0 Å². The Bertz CT molecular complexity index is 252. The summed E-state index contributed by atoms with van der Waals surface area (Å²) in [6.45, 7) is 0. The Kier molecular flexibility index (Phi) is 2.39. The standard InChI is InChI=1S/C3HBBrN3OS/c4-1(9)6-3-7-2(5)8-10-3/h(H,6,7,8,9). The summed E-state index contributed by atoms with van der Waals surface area (Å²) in [6.07, 6.45) is 0. The molecule has 1 aromatic heterocycles. The summed E-state index contributed by atoms with van der Waals surface area (Å²) in [5.74, 6) is -0.636. The van der Waals surface area contributed by atoms with Crippen LogP contribution in [0, 0.1) is 0 Å². The van der Waals surface area contributed by atoms with Crippen molar-refractivity contribution in [3.05, 3.63) is 4.73 Å². The molecule has 4 nitrogen and oxygen atoms in total. The maximum atomic E-state index is 10.2. The molecular formula is C3HBBrN3OS. The summed E-state index contributed by atoms with van der Waals surface area (Å²) in [7, 11) is 4.81. The lowest BCUT2D eigenvalue weighted by Gasteiger charge is -1.90. The van der Waals surface area contributed by atoms with Gasteiger partial charge in [-0.25, -0.2) is 0 Å². The normalized spacial score (nSPS) is 9.30. The molecular weight excluding hydrogens is 217 g/mol. The van der Waals surface area contributed by atoms with Crippen LogP contribution in [-0.2, 0) is 0 Å². The van der Waals surface area contributed by atoms with Gasteiger partial charge in [0.2, 0.25) is 17.7 Å². The molecule has 1 amide bonds. The number of anilines is 1. The fourth-order valence-electron chi connectivity index (χ4n) is 0.362. The highest BCUT2D eigenvalue weighted by Gasteiger charge is 2.00. The van der Waals surface area contributed by atoms with Crippen molar-refractivity contribution in [2.24, 2.45) is 0 Å². The van der Waals surface area contributed by atoms with Gasteiger partial charge in [-0.05, 0) is 15.9 Å². The molecule has 1 N–H and O–H groups in total. The predicted molar refractivity (Wildman–Crippen MR) is 42.4 cm³/mol. The number of hydrogen-bond acceptors (Lipinski definition) is 4. The van der Waals surface area contributed by atoms with Crippen molar-refractivity contribution < 1.29 is 4.79 Å². The Balaban J connectivity index is 2.67. The van der Waals surface area contributed by atoms with E-state index in [2.05, 4.69) is 30.6 Å². The zero-order valence-electron chi connectivity index (χ0n) is 4.67. The van der Waals surface area contributed by atoms with Crippen molar-refractivity contribution in [2.45, 2.75) is 0 Å². The van der Waals surface area contributed by atoms with Gasteiger partial charge in [0.1, 0.15) is 0 Å². The first-order valence-electron chi connectivity index (χ1n) is 2.24. The van der Waals surface area contributed by atoms with Crippen molar-refractivity contribution >= 4 is 46.2 Å². The second kappa shape index (κ2) is 3.11. The van der Waals surface area contributed by atoms with Crippen molar-refractivity contribution in [1.29, 1.82) is 0 Å². The summed E-state index contributed by atoms with van der Waals surface area (Å²) in [5.41, 5.74) is 0. The molecule has 0 aliphatic rings. The van der Waals surface area contributed by atoms with Crippen molar-refractivity contribution in [1.82, 2.24) is 9.36 Å². The Labute approximate surface area is 70.7 Å². The van der Waals surface area contributed by atoms with Crippen LogP contribution in [0.15, 0.2) is 4.73 Å². The van der Waals surface area contributed by atoms with Crippen LogP contribution >= 0.6 is 27.5 Å². The van der Waals surface area contributed by atoms with E-state index in [0.717, 1.165) is 11.5 Å². The number of amides is 1. The molecule has 0 unspecified atom stereocenters. The van der Waals surface area contributed by atoms with Gasteiger partial charge in [0, 0.05) is 11.5 Å². The number of rotatable bonds is 1. The van der Waals surface area contributed by atoms with Crippen molar-refractivity contribution in [3.63, 3.8) is 0 Å². The van der Waals surface area contributed by atoms with Gasteiger partial charge in [0.15, 0.2) is 5.81 Å². The molecule has 0 fully saturated rings. The Morgan fingerprint density at radius 1 is 1.80 bits per heavy atom. The van der Waals surface area contributed by atoms with Crippen molar-refractivity contribution in [2.75, 3.05) is 5.32 Å². The number of nitrogens with one attached hydrogen (secondary N) is 1. The SMILES string of the molecule is [B]C(=O)Nc1nc(Br)ns1. The van der Waals surface area contributed by atoms with E-state index in [9.17, 15) is 4.79 Å². The third kappa shape index (κ3) is 2.07. The maximum absolute atomic E-state index is 10.2. The molecule has 1 heterocycles. The Morgan fingerprint density at radius 2 is 2.50 bits per heavy atom. The third-order valence-corrected chi connectivity index (χ3v) is 1.85. The van der Waals surface area contributed by atoms with Gasteiger partial charge in [-0.1, -0.05) is 0 Å². The molecule has 0 aliphatic heterocycles. The zero-order chi connectivity index (χ0) is 7.56. The van der Waals surface area contributed by atoms with Crippen LogP contribution in [0.25, 0.3) is 0 Å². The molecule has 0 spiro atoms. The highest BCUT2D eigenvalue weighted by molar-refractivity contribution is 9.10. The molecule has 2 radical (unpaired) electrons. The lowest BCUT2D eigenvalue weighted by atomic mass is 10.1. The molecule has 0 aromatic carbocycles. The van der Waals surface area contributed by atoms with Crippen LogP contribution in [0.5, 0.6) is 0 Å². The molecule has 7 heteroatoms. The minimum absolute atomic E-state index is 0.388. The molecule has 0 saturated heterocycles. The topological polar surface area (TPSA) is 54.9 Å². The van der Waals surface area contributed by atoms with Crippen LogP contribution < -0.4 is 5.32 Å². The Hall–Kier alpha value is -0.425. The van der Waals surface area contributed by atoms with Crippen LogP contribution in [-0.4, -0.2) is 23.0 Å². The first-order valence-corrected chi connectivity index (χ1v) is 3.81. The van der Waals surface area contributed by atoms with E-state index in [1.807, 2.05) is 0 Å². The van der Waals surface area contributed by atoms with Crippen molar-refractivity contribution in [3.8, 4) is 0 Å². The van der Waals surface area contributed by atoms with E-state index in [1.165, 1.54) is 0 Å². The molecule has 1 aromatic rings. The fraction of sp³-hybridized carbons (Fsp3) is 0. The van der Waals surface area contributed by atoms with Gasteiger partial charge in [0.25, 0.3) is 0 Å².